The van der Waals surface area contributed by atoms with Gasteiger partial charge >= 0.3 is 19.8 Å². The van der Waals surface area contributed by atoms with Crippen LogP contribution >= 0.6 is 7.82 Å². The third kappa shape index (κ3) is 39.9. The van der Waals surface area contributed by atoms with Crippen molar-refractivity contribution in [2.75, 3.05) is 26.4 Å². The van der Waals surface area contributed by atoms with Crippen LogP contribution in [0.25, 0.3) is 0 Å². The quantitative estimate of drug-likeness (QED) is 0.0153. The molecule has 11 nitrogen and oxygen atoms in total. The third-order valence-corrected chi connectivity index (χ3v) is 9.60. The largest absolute Gasteiger partial charge is 0.472 e. The van der Waals surface area contributed by atoms with E-state index in [1.54, 1.807) is 12.2 Å². The fraction of sp³-hybridized carbons (Fsp3) is 0.652. The molecule has 0 radical (unpaired) electrons. The van der Waals surface area contributed by atoms with Crippen LogP contribution in [0.4, 0.5) is 0 Å². The molecule has 332 valence electrons. The van der Waals surface area contributed by atoms with Gasteiger partial charge in [-0.2, -0.15) is 0 Å². The minimum absolute atomic E-state index is 0.0598. The SMILES string of the molecule is CC/C=C\C/C=C\C/C=C\C/C=C\C/C=C\C=C/C(O)CCC(=O)O[C@H](COC(=O)CCCCCCCCC/C=C\CCCCCC)COP(=O)(O)OC[C@@H](O)CO. The molecule has 0 aromatic heterocycles. The van der Waals surface area contributed by atoms with Crippen LogP contribution in [-0.2, 0) is 32.7 Å². The fourth-order valence-electron chi connectivity index (χ4n) is 5.27. The molecule has 0 aromatic carbocycles. The summed E-state index contributed by atoms with van der Waals surface area (Å²) in [6.45, 7) is 1.95. The first-order valence-corrected chi connectivity index (χ1v) is 23.1. The zero-order valence-corrected chi connectivity index (χ0v) is 36.5. The maximum Gasteiger partial charge on any atom is 0.472 e. The normalized spacial score (nSPS) is 15.2. The highest BCUT2D eigenvalue weighted by atomic mass is 31.2. The number of carbonyl (C=O) groups is 2. The highest BCUT2D eigenvalue weighted by Crippen LogP contribution is 2.43. The number of allylic oxidation sites excluding steroid dienone is 13. The summed E-state index contributed by atoms with van der Waals surface area (Å²) in [5, 5.41) is 28.6. The van der Waals surface area contributed by atoms with Gasteiger partial charge in [-0.25, -0.2) is 4.57 Å². The molecule has 0 spiro atoms. The van der Waals surface area contributed by atoms with Gasteiger partial charge in [0.25, 0.3) is 0 Å². The zero-order valence-electron chi connectivity index (χ0n) is 35.6. The van der Waals surface area contributed by atoms with Gasteiger partial charge in [-0.05, 0) is 70.6 Å². The molecule has 0 fully saturated rings. The highest BCUT2D eigenvalue weighted by Gasteiger charge is 2.27. The van der Waals surface area contributed by atoms with E-state index >= 15 is 0 Å². The van der Waals surface area contributed by atoms with E-state index in [0.717, 1.165) is 64.2 Å². The van der Waals surface area contributed by atoms with Gasteiger partial charge < -0.3 is 29.7 Å². The lowest BCUT2D eigenvalue weighted by atomic mass is 10.1. The smallest absolute Gasteiger partial charge is 0.462 e. The second-order valence-electron chi connectivity index (χ2n) is 14.2. The summed E-state index contributed by atoms with van der Waals surface area (Å²) in [5.41, 5.74) is 0. The Morgan fingerprint density at radius 2 is 1.14 bits per heavy atom. The summed E-state index contributed by atoms with van der Waals surface area (Å²) in [6.07, 6.45) is 44.5. The molecule has 0 rings (SSSR count). The minimum atomic E-state index is -4.69. The number of unbranched alkanes of at least 4 members (excludes halogenated alkanes) is 11. The van der Waals surface area contributed by atoms with Crippen LogP contribution < -0.4 is 0 Å². The molecule has 0 bridgehead atoms. The molecule has 0 aliphatic heterocycles. The number of aliphatic hydroxyl groups excluding tert-OH is 3. The van der Waals surface area contributed by atoms with E-state index in [0.29, 0.717) is 6.42 Å². The maximum atomic E-state index is 12.6. The lowest BCUT2D eigenvalue weighted by molar-refractivity contribution is -0.161. The first-order valence-electron chi connectivity index (χ1n) is 21.7. The molecule has 12 heteroatoms. The summed E-state index contributed by atoms with van der Waals surface area (Å²) >= 11 is 0. The summed E-state index contributed by atoms with van der Waals surface area (Å²) in [7, 11) is -4.69. The maximum absolute atomic E-state index is 12.6. The third-order valence-electron chi connectivity index (χ3n) is 8.65. The standard InChI is InChI=1S/C46H77O11P/c1-3-5-7-9-11-13-15-17-19-21-22-24-26-28-30-32-34-42(48)36-37-46(51)57-44(41-56-58(52,53)55-39-43(49)38-47)40-54-45(50)35-33-31-29-27-25-23-20-18-16-14-12-10-8-6-4-2/h5,7,11,13-14,16-17,19,22,24,28,30,32,34,42-44,47-49H,3-4,6,8-10,12,15,18,20-21,23,25-27,29,31,33,35-41H2,1-2H3,(H,52,53)/b7-5-,13-11-,16-14-,19-17-,24-22-,30-28-,34-32-/t42?,43-,44+/m0/s1. The molecular formula is C46H77O11P. The Kier molecular flexibility index (Phi) is 38.8. The summed E-state index contributed by atoms with van der Waals surface area (Å²) < 4.78 is 32.5. The summed E-state index contributed by atoms with van der Waals surface area (Å²) in [4.78, 5) is 35.0. The Hall–Kier alpha value is -2.89. The first kappa shape index (κ1) is 55.1. The van der Waals surface area contributed by atoms with Crippen LogP contribution in [-0.4, -0.2) is 76.9 Å². The monoisotopic (exact) mass is 837 g/mol. The Labute approximate surface area is 350 Å². The van der Waals surface area contributed by atoms with Crippen LogP contribution in [0.2, 0.25) is 0 Å². The van der Waals surface area contributed by atoms with Gasteiger partial charge in [0.1, 0.15) is 12.7 Å². The van der Waals surface area contributed by atoms with E-state index < -0.39 is 64.5 Å². The highest BCUT2D eigenvalue weighted by molar-refractivity contribution is 7.47. The van der Waals surface area contributed by atoms with E-state index in [2.05, 4.69) is 79.1 Å². The topological polar surface area (TPSA) is 169 Å². The Morgan fingerprint density at radius 1 is 0.603 bits per heavy atom. The van der Waals surface area contributed by atoms with Crippen LogP contribution in [0.1, 0.15) is 149 Å². The van der Waals surface area contributed by atoms with E-state index in [9.17, 15) is 29.3 Å². The number of esters is 2. The van der Waals surface area contributed by atoms with Crippen LogP contribution in [0, 0.1) is 0 Å². The van der Waals surface area contributed by atoms with Crippen LogP contribution in [0.15, 0.2) is 85.1 Å². The van der Waals surface area contributed by atoms with E-state index in [1.165, 1.54) is 44.9 Å². The molecule has 0 aliphatic carbocycles. The molecule has 0 aliphatic rings. The predicted molar refractivity (Wildman–Crippen MR) is 234 cm³/mol. The molecule has 0 saturated carbocycles. The number of hydrogen-bond acceptors (Lipinski definition) is 10. The van der Waals surface area contributed by atoms with Crippen molar-refractivity contribution in [2.45, 2.75) is 167 Å². The van der Waals surface area contributed by atoms with Crippen molar-refractivity contribution in [1.29, 1.82) is 0 Å². The molecule has 0 aromatic rings. The van der Waals surface area contributed by atoms with Crippen molar-refractivity contribution in [3.8, 4) is 0 Å². The molecule has 0 amide bonds. The van der Waals surface area contributed by atoms with Crippen molar-refractivity contribution in [3.63, 3.8) is 0 Å². The van der Waals surface area contributed by atoms with E-state index in [1.807, 2.05) is 12.2 Å². The number of phosphoric acid groups is 1. The summed E-state index contributed by atoms with van der Waals surface area (Å²) in [6, 6.07) is 0. The fourth-order valence-corrected chi connectivity index (χ4v) is 6.06. The van der Waals surface area contributed by atoms with E-state index in [-0.39, 0.29) is 19.3 Å². The second kappa shape index (κ2) is 40.9. The Bertz CT molecular complexity index is 1250. The van der Waals surface area contributed by atoms with Gasteiger partial charge in [0.15, 0.2) is 6.10 Å². The Balaban J connectivity index is 4.57. The van der Waals surface area contributed by atoms with Gasteiger partial charge in [-0.1, -0.05) is 150 Å². The van der Waals surface area contributed by atoms with Crippen molar-refractivity contribution in [2.24, 2.45) is 0 Å². The van der Waals surface area contributed by atoms with Crippen molar-refractivity contribution >= 4 is 19.8 Å². The number of rotatable bonds is 39. The molecule has 58 heavy (non-hydrogen) atoms. The van der Waals surface area contributed by atoms with Gasteiger partial charge in [0.2, 0.25) is 0 Å². The predicted octanol–water partition coefficient (Wildman–Crippen LogP) is 10.4. The summed E-state index contributed by atoms with van der Waals surface area (Å²) in [5.74, 6) is -1.22. The molecule has 0 saturated heterocycles. The number of ether oxygens (including phenoxy) is 2. The van der Waals surface area contributed by atoms with Gasteiger partial charge in [0, 0.05) is 12.8 Å². The van der Waals surface area contributed by atoms with Gasteiger partial charge in [0.05, 0.1) is 25.9 Å². The van der Waals surface area contributed by atoms with Crippen molar-refractivity contribution < 1.29 is 52.9 Å². The number of hydrogen-bond donors (Lipinski definition) is 4. The van der Waals surface area contributed by atoms with E-state index in [4.69, 9.17) is 19.1 Å². The minimum Gasteiger partial charge on any atom is -0.462 e. The molecular weight excluding hydrogens is 759 g/mol. The number of phosphoric ester groups is 1. The number of aliphatic hydroxyl groups is 3. The van der Waals surface area contributed by atoms with Crippen LogP contribution in [0.5, 0.6) is 0 Å². The molecule has 0 heterocycles. The molecule has 4 atom stereocenters. The average Bonchev–Trinajstić information content (AvgIpc) is 3.21. The van der Waals surface area contributed by atoms with Crippen molar-refractivity contribution in [3.05, 3.63) is 85.1 Å². The van der Waals surface area contributed by atoms with Crippen LogP contribution in [0.3, 0.4) is 0 Å². The number of carbonyl (C=O) groups excluding carboxylic acids is 2. The zero-order chi connectivity index (χ0) is 42.8. The first-order chi connectivity index (χ1) is 28.1. The second-order valence-corrected chi connectivity index (χ2v) is 15.6. The molecule has 2 unspecified atom stereocenters. The molecule has 4 N–H and O–H groups in total. The van der Waals surface area contributed by atoms with Crippen molar-refractivity contribution in [1.82, 2.24) is 0 Å². The average molecular weight is 837 g/mol. The Morgan fingerprint density at radius 3 is 1.72 bits per heavy atom. The van der Waals surface area contributed by atoms with Gasteiger partial charge in [-0.3, -0.25) is 18.6 Å². The lowest BCUT2D eigenvalue weighted by Gasteiger charge is -2.20. The lowest BCUT2D eigenvalue weighted by Crippen LogP contribution is -2.30. The van der Waals surface area contributed by atoms with Gasteiger partial charge in [-0.15, -0.1) is 0 Å².